The first kappa shape index (κ1) is 26.2. The summed E-state index contributed by atoms with van der Waals surface area (Å²) in [6, 6.07) is 4.23. The molecule has 1 amide bonds. The van der Waals surface area contributed by atoms with Gasteiger partial charge in [-0.05, 0) is 52.6 Å². The summed E-state index contributed by atoms with van der Waals surface area (Å²) >= 11 is 0. The van der Waals surface area contributed by atoms with Gasteiger partial charge in [0.2, 0.25) is 0 Å². The lowest BCUT2D eigenvalue weighted by molar-refractivity contribution is 0.0685. The number of aromatic nitrogens is 1. The Morgan fingerprint density at radius 2 is 1.86 bits per heavy atom. The summed E-state index contributed by atoms with van der Waals surface area (Å²) in [5.41, 5.74) is -0.307. The van der Waals surface area contributed by atoms with Crippen LogP contribution in [0, 0.1) is 5.82 Å². The second kappa shape index (κ2) is 11.5. The molecule has 1 aromatic carbocycles. The predicted molar refractivity (Wildman–Crippen MR) is 131 cm³/mol. The average Bonchev–Trinajstić information content (AvgIpc) is 2.86. The van der Waals surface area contributed by atoms with Gasteiger partial charge in [0.25, 0.3) is 17.9 Å². The summed E-state index contributed by atoms with van der Waals surface area (Å²) in [7, 11) is 1.99. The van der Waals surface area contributed by atoms with Crippen LogP contribution in [0.3, 0.4) is 0 Å². The van der Waals surface area contributed by atoms with Crippen molar-refractivity contribution in [3.8, 4) is 0 Å². The maximum Gasteiger partial charge on any atom is 0.266 e. The number of rotatable bonds is 7. The molecule has 196 valence electrons. The van der Waals surface area contributed by atoms with E-state index < -0.39 is 29.8 Å². The topological polar surface area (TPSA) is 75.6 Å². The fourth-order valence-electron chi connectivity index (χ4n) is 4.96. The molecule has 4 rings (SSSR count). The van der Waals surface area contributed by atoms with Crippen LogP contribution < -0.4 is 16.2 Å². The summed E-state index contributed by atoms with van der Waals surface area (Å²) in [5, 5.41) is 6.09. The minimum Gasteiger partial charge on any atom is -0.381 e. The fraction of sp³-hybridized carbons (Fsp3) is 0.538. The van der Waals surface area contributed by atoms with Crippen LogP contribution >= 0.6 is 0 Å². The Morgan fingerprint density at radius 3 is 2.56 bits per heavy atom. The summed E-state index contributed by atoms with van der Waals surface area (Å²) in [5.74, 6) is -1.55. The van der Waals surface area contributed by atoms with E-state index in [0.717, 1.165) is 31.9 Å². The molecular formula is C26H33F3N4O3. The molecule has 2 saturated heterocycles. The number of carbonyl (C=O) groups is 1. The molecule has 1 aromatic heterocycles. The van der Waals surface area contributed by atoms with Crippen LogP contribution in [-0.4, -0.2) is 48.3 Å². The monoisotopic (exact) mass is 506 g/mol. The first-order chi connectivity index (χ1) is 17.3. The van der Waals surface area contributed by atoms with Crippen molar-refractivity contribution in [2.45, 2.75) is 63.7 Å². The lowest BCUT2D eigenvalue weighted by atomic mass is 10.0. The Bertz CT molecular complexity index is 1130. The van der Waals surface area contributed by atoms with Gasteiger partial charge < -0.3 is 19.9 Å². The molecule has 2 aliphatic heterocycles. The van der Waals surface area contributed by atoms with E-state index in [2.05, 4.69) is 15.5 Å². The number of piperidine rings is 1. The third kappa shape index (κ3) is 5.75. The van der Waals surface area contributed by atoms with Gasteiger partial charge in [0.1, 0.15) is 5.82 Å². The zero-order valence-electron chi connectivity index (χ0n) is 20.6. The lowest BCUT2D eigenvalue weighted by Crippen LogP contribution is -2.42. The number of amides is 1. The van der Waals surface area contributed by atoms with E-state index in [4.69, 9.17) is 4.74 Å². The molecule has 7 nitrogen and oxygen atoms in total. The van der Waals surface area contributed by atoms with Crippen molar-refractivity contribution < 1.29 is 22.7 Å². The molecule has 0 radical (unpaired) electrons. The number of nitrogens with zero attached hydrogens (tertiary/aromatic N) is 2. The van der Waals surface area contributed by atoms with Crippen LogP contribution in [0.1, 0.15) is 79.0 Å². The Hall–Kier alpha value is -2.85. The molecule has 0 spiro atoms. The molecule has 10 heteroatoms. The zero-order valence-corrected chi connectivity index (χ0v) is 20.6. The van der Waals surface area contributed by atoms with Gasteiger partial charge in [0.05, 0.1) is 29.0 Å². The van der Waals surface area contributed by atoms with Gasteiger partial charge in [-0.25, -0.2) is 13.2 Å². The summed E-state index contributed by atoms with van der Waals surface area (Å²) < 4.78 is 48.1. The molecule has 2 atom stereocenters. The highest BCUT2D eigenvalue weighted by Crippen LogP contribution is 2.28. The summed E-state index contributed by atoms with van der Waals surface area (Å²) in [6.07, 6.45) is 2.83. The number of nitrogens with one attached hydrogen (secondary N) is 2. The lowest BCUT2D eigenvalue weighted by Gasteiger charge is -2.34. The minimum atomic E-state index is -2.96. The normalized spacial score (nSPS) is 20.3. The van der Waals surface area contributed by atoms with Crippen LogP contribution in [0.25, 0.3) is 0 Å². The second-order valence-corrected chi connectivity index (χ2v) is 9.57. The van der Waals surface area contributed by atoms with Crippen molar-refractivity contribution in [1.82, 2.24) is 14.8 Å². The second-order valence-electron chi connectivity index (χ2n) is 9.57. The van der Waals surface area contributed by atoms with E-state index in [9.17, 15) is 22.8 Å². The number of carbonyl (C=O) groups excluding carboxylic acids is 1. The van der Waals surface area contributed by atoms with Crippen molar-refractivity contribution in [2.75, 3.05) is 32.1 Å². The van der Waals surface area contributed by atoms with E-state index in [0.29, 0.717) is 31.7 Å². The molecule has 2 fully saturated rings. The molecule has 2 aliphatic rings. The molecule has 0 bridgehead atoms. The standard InChI is InChI=1S/C26H33F3N4O3/c1-16(18-6-5-7-19(24(18)27)25(28)29)30-26(35)20-15-33(17-9-12-36-13-10-17)23(34)14-21(20)31-22-8-3-4-11-32(22)2/h5-7,14-17,22,25,31H,3-4,8-13H2,1-2H3,(H,30,35)/t16?,22-/m1/s1. The van der Waals surface area contributed by atoms with Crippen LogP contribution in [0.15, 0.2) is 35.3 Å². The van der Waals surface area contributed by atoms with E-state index in [1.54, 1.807) is 17.7 Å². The first-order valence-corrected chi connectivity index (χ1v) is 12.4. The van der Waals surface area contributed by atoms with Crippen molar-refractivity contribution >= 4 is 11.6 Å². The molecule has 3 heterocycles. The van der Waals surface area contributed by atoms with Crippen molar-refractivity contribution in [2.24, 2.45) is 0 Å². The van der Waals surface area contributed by atoms with Gasteiger partial charge in [-0.2, -0.15) is 0 Å². The van der Waals surface area contributed by atoms with Gasteiger partial charge in [-0.3, -0.25) is 14.5 Å². The highest BCUT2D eigenvalue weighted by Gasteiger charge is 2.26. The van der Waals surface area contributed by atoms with E-state index in [1.807, 2.05) is 7.05 Å². The molecular weight excluding hydrogens is 473 g/mol. The third-order valence-electron chi connectivity index (χ3n) is 7.11. The first-order valence-electron chi connectivity index (χ1n) is 12.4. The van der Waals surface area contributed by atoms with Crippen molar-refractivity contribution in [3.05, 3.63) is 63.3 Å². The molecule has 0 aliphatic carbocycles. The maximum atomic E-state index is 14.7. The quantitative estimate of drug-likeness (QED) is 0.573. The molecule has 2 N–H and O–H groups in total. The van der Waals surface area contributed by atoms with E-state index in [-0.39, 0.29) is 28.9 Å². The molecule has 0 saturated carbocycles. The van der Waals surface area contributed by atoms with Gasteiger partial charge >= 0.3 is 0 Å². The summed E-state index contributed by atoms with van der Waals surface area (Å²) in [6.45, 7) is 3.50. The SMILES string of the molecule is CC(NC(=O)c1cn(C2CCOCC2)c(=O)cc1N[C@H]1CCCCN1C)c1cccc(C(F)F)c1F. The Kier molecular flexibility index (Phi) is 8.35. The van der Waals surface area contributed by atoms with Gasteiger partial charge in [-0.1, -0.05) is 18.2 Å². The molecule has 36 heavy (non-hydrogen) atoms. The third-order valence-corrected chi connectivity index (χ3v) is 7.11. The van der Waals surface area contributed by atoms with Crippen LogP contribution in [0.4, 0.5) is 18.9 Å². The highest BCUT2D eigenvalue weighted by atomic mass is 19.3. The number of ether oxygens (including phenoxy) is 1. The largest absolute Gasteiger partial charge is 0.381 e. The fourth-order valence-corrected chi connectivity index (χ4v) is 4.96. The molecule has 1 unspecified atom stereocenters. The number of alkyl halides is 2. The Balaban J connectivity index is 1.65. The minimum absolute atomic E-state index is 0.0274. The number of halogens is 3. The predicted octanol–water partition coefficient (Wildman–Crippen LogP) is 4.62. The highest BCUT2D eigenvalue weighted by molar-refractivity contribution is 5.99. The van der Waals surface area contributed by atoms with Gasteiger partial charge in [0, 0.05) is 37.1 Å². The number of likely N-dealkylation sites (tertiary alicyclic amines) is 1. The number of benzene rings is 1. The van der Waals surface area contributed by atoms with Gasteiger partial charge in [-0.15, -0.1) is 0 Å². The number of pyridine rings is 1. The number of anilines is 1. The smallest absolute Gasteiger partial charge is 0.266 e. The van der Waals surface area contributed by atoms with E-state index >= 15 is 0 Å². The average molecular weight is 507 g/mol. The van der Waals surface area contributed by atoms with Crippen LogP contribution in [0.2, 0.25) is 0 Å². The number of hydrogen-bond acceptors (Lipinski definition) is 5. The summed E-state index contributed by atoms with van der Waals surface area (Å²) in [4.78, 5) is 28.7. The number of hydrogen-bond donors (Lipinski definition) is 2. The Labute approximate surface area is 208 Å². The maximum absolute atomic E-state index is 14.7. The zero-order chi connectivity index (χ0) is 25.8. The Morgan fingerprint density at radius 1 is 1.14 bits per heavy atom. The van der Waals surface area contributed by atoms with Crippen LogP contribution in [0.5, 0.6) is 0 Å². The van der Waals surface area contributed by atoms with Crippen molar-refractivity contribution in [3.63, 3.8) is 0 Å². The molecule has 2 aromatic rings. The van der Waals surface area contributed by atoms with Crippen LogP contribution in [-0.2, 0) is 4.74 Å². The van der Waals surface area contributed by atoms with Crippen molar-refractivity contribution in [1.29, 1.82) is 0 Å². The van der Waals surface area contributed by atoms with E-state index in [1.165, 1.54) is 18.2 Å². The van der Waals surface area contributed by atoms with Gasteiger partial charge in [0.15, 0.2) is 0 Å².